The van der Waals surface area contributed by atoms with Crippen LogP contribution in [0.25, 0.3) is 0 Å². The zero-order chi connectivity index (χ0) is 18.2. The van der Waals surface area contributed by atoms with Crippen LogP contribution >= 0.6 is 0 Å². The first-order valence-corrected chi connectivity index (χ1v) is 8.19. The van der Waals surface area contributed by atoms with Crippen LogP contribution in [0.1, 0.15) is 48.2 Å². The lowest BCUT2D eigenvalue weighted by Gasteiger charge is -2.19. The molecule has 0 spiro atoms. The van der Waals surface area contributed by atoms with Crippen LogP contribution in [-0.2, 0) is 11.2 Å². The number of anilines is 1. The monoisotopic (exact) mass is 339 g/mol. The first kappa shape index (κ1) is 17.0. The summed E-state index contributed by atoms with van der Waals surface area (Å²) in [4.78, 5) is 24.4. The maximum Gasteiger partial charge on any atom is 0.412 e. The van der Waals surface area contributed by atoms with Gasteiger partial charge in [0.25, 0.3) is 0 Å². The number of rotatable bonds is 2. The molecule has 0 fully saturated rings. The number of hydrogen-bond donors (Lipinski definition) is 2. The Labute approximate surface area is 146 Å². The number of hydrogen-bond acceptors (Lipinski definition) is 4. The van der Waals surface area contributed by atoms with Crippen molar-refractivity contribution in [1.82, 2.24) is 0 Å². The molecule has 1 amide bonds. The van der Waals surface area contributed by atoms with E-state index in [1.165, 1.54) is 6.07 Å². The van der Waals surface area contributed by atoms with Crippen molar-refractivity contribution in [2.75, 3.05) is 5.32 Å². The van der Waals surface area contributed by atoms with E-state index < -0.39 is 11.7 Å². The second-order valence-corrected chi connectivity index (χ2v) is 7.18. The molecule has 5 nitrogen and oxygen atoms in total. The second kappa shape index (κ2) is 6.24. The third kappa shape index (κ3) is 3.65. The SMILES string of the molecule is CC(C)(C)OC(=O)Nc1ccc(C2Cc3cccc(O)c3C2=O)cc1. The molecule has 1 aliphatic carbocycles. The van der Waals surface area contributed by atoms with E-state index in [4.69, 9.17) is 4.74 Å². The van der Waals surface area contributed by atoms with E-state index >= 15 is 0 Å². The summed E-state index contributed by atoms with van der Waals surface area (Å²) in [7, 11) is 0. The van der Waals surface area contributed by atoms with Crippen molar-refractivity contribution in [2.45, 2.75) is 38.7 Å². The summed E-state index contributed by atoms with van der Waals surface area (Å²) in [6, 6.07) is 12.3. The lowest BCUT2D eigenvalue weighted by Crippen LogP contribution is -2.27. The van der Waals surface area contributed by atoms with Crippen molar-refractivity contribution in [3.8, 4) is 5.75 Å². The molecule has 5 heteroatoms. The van der Waals surface area contributed by atoms with Gasteiger partial charge in [-0.05, 0) is 56.5 Å². The quantitative estimate of drug-likeness (QED) is 0.857. The minimum absolute atomic E-state index is 0.0354. The van der Waals surface area contributed by atoms with Gasteiger partial charge in [-0.15, -0.1) is 0 Å². The number of ether oxygens (including phenoxy) is 1. The molecule has 0 saturated carbocycles. The highest BCUT2D eigenvalue weighted by Gasteiger charge is 2.33. The Morgan fingerprint density at radius 1 is 1.16 bits per heavy atom. The third-order valence-corrected chi connectivity index (χ3v) is 4.07. The number of nitrogens with one attached hydrogen (secondary N) is 1. The first-order valence-electron chi connectivity index (χ1n) is 8.19. The smallest absolute Gasteiger partial charge is 0.412 e. The van der Waals surface area contributed by atoms with Crippen molar-refractivity contribution in [3.05, 3.63) is 59.2 Å². The molecule has 0 bridgehead atoms. The Hall–Kier alpha value is -2.82. The van der Waals surface area contributed by atoms with Crippen LogP contribution in [0.15, 0.2) is 42.5 Å². The molecule has 0 aromatic heterocycles. The van der Waals surface area contributed by atoms with Crippen LogP contribution in [0, 0.1) is 0 Å². The van der Waals surface area contributed by atoms with E-state index in [-0.39, 0.29) is 17.5 Å². The van der Waals surface area contributed by atoms with Crippen LogP contribution in [0.5, 0.6) is 5.75 Å². The van der Waals surface area contributed by atoms with Gasteiger partial charge in [0.2, 0.25) is 0 Å². The molecule has 2 aromatic carbocycles. The number of amides is 1. The maximum atomic E-state index is 12.6. The minimum atomic E-state index is -0.561. The fraction of sp³-hybridized carbons (Fsp3) is 0.300. The standard InChI is InChI=1S/C20H21NO4/c1-20(2,3)25-19(24)21-14-9-7-12(8-10-14)15-11-13-5-4-6-16(22)17(13)18(15)23/h4-10,15,22H,11H2,1-3H3,(H,21,24). The number of fused-ring (bicyclic) bond motifs is 1. The number of benzene rings is 2. The molecule has 1 aliphatic rings. The number of ketones is 1. The molecule has 1 unspecified atom stereocenters. The number of carbonyl (C=O) groups excluding carboxylic acids is 2. The van der Waals surface area contributed by atoms with Gasteiger partial charge >= 0.3 is 6.09 Å². The topological polar surface area (TPSA) is 75.6 Å². The summed E-state index contributed by atoms with van der Waals surface area (Å²) >= 11 is 0. The summed E-state index contributed by atoms with van der Waals surface area (Å²) in [5.74, 6) is -0.340. The summed E-state index contributed by atoms with van der Waals surface area (Å²) in [6.07, 6.45) is 0.0519. The molecule has 1 atom stereocenters. The molecule has 25 heavy (non-hydrogen) atoms. The summed E-state index contributed by atoms with van der Waals surface area (Å²) in [6.45, 7) is 5.40. The molecule has 2 N–H and O–H groups in total. The summed E-state index contributed by atoms with van der Waals surface area (Å²) in [5, 5.41) is 12.6. The van der Waals surface area contributed by atoms with Crippen molar-refractivity contribution < 1.29 is 19.4 Å². The van der Waals surface area contributed by atoms with Crippen LogP contribution in [-0.4, -0.2) is 22.6 Å². The van der Waals surface area contributed by atoms with Gasteiger partial charge in [0, 0.05) is 5.69 Å². The van der Waals surface area contributed by atoms with E-state index in [0.29, 0.717) is 17.7 Å². The van der Waals surface area contributed by atoms with E-state index in [1.807, 2.05) is 18.2 Å². The van der Waals surface area contributed by atoms with Crippen LogP contribution < -0.4 is 5.32 Å². The van der Waals surface area contributed by atoms with Crippen LogP contribution in [0.4, 0.5) is 10.5 Å². The highest BCUT2D eigenvalue weighted by atomic mass is 16.6. The zero-order valence-corrected chi connectivity index (χ0v) is 14.5. The number of phenols is 1. The molecule has 0 radical (unpaired) electrons. The largest absolute Gasteiger partial charge is 0.507 e. The Morgan fingerprint density at radius 2 is 1.84 bits per heavy atom. The van der Waals surface area contributed by atoms with Crippen LogP contribution in [0.3, 0.4) is 0 Å². The van der Waals surface area contributed by atoms with Gasteiger partial charge in [0.15, 0.2) is 5.78 Å². The lowest BCUT2D eigenvalue weighted by atomic mass is 9.95. The highest BCUT2D eigenvalue weighted by molar-refractivity contribution is 6.07. The van der Waals surface area contributed by atoms with Crippen LogP contribution in [0.2, 0.25) is 0 Å². The Bertz CT molecular complexity index is 819. The van der Waals surface area contributed by atoms with Crippen molar-refractivity contribution in [2.24, 2.45) is 0 Å². The predicted octanol–water partition coefficient (Wildman–Crippen LogP) is 4.26. The van der Waals surface area contributed by atoms with Gasteiger partial charge in [0.1, 0.15) is 11.4 Å². The average Bonchev–Trinajstić information content (AvgIpc) is 2.84. The average molecular weight is 339 g/mol. The number of Topliss-reactive ketones (excluding diaryl/α,β-unsaturated/α-hetero) is 1. The lowest BCUT2D eigenvalue weighted by molar-refractivity contribution is 0.0635. The normalized spacial score (nSPS) is 16.4. The fourth-order valence-electron chi connectivity index (χ4n) is 3.02. The number of aromatic hydroxyl groups is 1. The Kier molecular flexibility index (Phi) is 4.25. The third-order valence-electron chi connectivity index (χ3n) is 4.07. The van der Waals surface area contributed by atoms with E-state index in [1.54, 1.807) is 39.0 Å². The van der Waals surface area contributed by atoms with Gasteiger partial charge in [-0.2, -0.15) is 0 Å². The van der Waals surface area contributed by atoms with Gasteiger partial charge in [-0.3, -0.25) is 10.1 Å². The molecule has 2 aromatic rings. The van der Waals surface area contributed by atoms with Crippen molar-refractivity contribution >= 4 is 17.6 Å². The Balaban J connectivity index is 1.73. The molecular weight excluding hydrogens is 318 g/mol. The second-order valence-electron chi connectivity index (χ2n) is 7.18. The predicted molar refractivity (Wildman–Crippen MR) is 95.2 cm³/mol. The van der Waals surface area contributed by atoms with E-state index in [2.05, 4.69) is 5.32 Å². The first-order chi connectivity index (χ1) is 11.7. The van der Waals surface area contributed by atoms with Crippen molar-refractivity contribution in [1.29, 1.82) is 0 Å². The fourth-order valence-corrected chi connectivity index (χ4v) is 3.02. The Morgan fingerprint density at radius 3 is 2.44 bits per heavy atom. The van der Waals surface area contributed by atoms with Gasteiger partial charge in [0.05, 0.1) is 11.5 Å². The van der Waals surface area contributed by atoms with E-state index in [0.717, 1.165) is 11.1 Å². The van der Waals surface area contributed by atoms with E-state index in [9.17, 15) is 14.7 Å². The number of carbonyl (C=O) groups is 2. The summed E-state index contributed by atoms with van der Waals surface area (Å²) < 4.78 is 5.21. The summed E-state index contributed by atoms with van der Waals surface area (Å²) in [5.41, 5.74) is 2.18. The van der Waals surface area contributed by atoms with Gasteiger partial charge in [-0.1, -0.05) is 24.3 Å². The van der Waals surface area contributed by atoms with Crippen molar-refractivity contribution in [3.63, 3.8) is 0 Å². The molecule has 0 saturated heterocycles. The molecule has 3 rings (SSSR count). The maximum absolute atomic E-state index is 12.6. The van der Waals surface area contributed by atoms with Gasteiger partial charge in [-0.25, -0.2) is 4.79 Å². The highest BCUT2D eigenvalue weighted by Crippen LogP contribution is 2.38. The number of phenolic OH excluding ortho intramolecular Hbond substituents is 1. The zero-order valence-electron chi connectivity index (χ0n) is 14.5. The molecule has 0 heterocycles. The molecular formula is C20H21NO4. The minimum Gasteiger partial charge on any atom is -0.507 e. The molecule has 130 valence electrons. The molecule has 0 aliphatic heterocycles. The van der Waals surface area contributed by atoms with Gasteiger partial charge < -0.3 is 9.84 Å².